The fourth-order valence-corrected chi connectivity index (χ4v) is 2.36. The van der Waals surface area contributed by atoms with E-state index in [0.717, 1.165) is 11.0 Å². The highest BCUT2D eigenvalue weighted by Gasteiger charge is 2.31. The van der Waals surface area contributed by atoms with Gasteiger partial charge in [0.2, 0.25) is 0 Å². The number of carbonyl (C=O) groups excluding carboxylic acids is 1. The lowest BCUT2D eigenvalue weighted by atomic mass is 9.95. The number of aliphatic carboxylic acids is 1. The summed E-state index contributed by atoms with van der Waals surface area (Å²) < 4.78 is 0. The standard InChI is InChI=1S/C13H12N4O3/c1-6-10(12(18)19)11(17-13(20)16-6)7-2-3-8-9(4-7)15-5-14-8/h2-5,11H,1H3,(H,14,15)(H,18,19)(H2,16,17,20). The second-order valence-corrected chi connectivity index (χ2v) is 4.55. The number of rotatable bonds is 2. The molecular weight excluding hydrogens is 260 g/mol. The maximum absolute atomic E-state index is 11.6. The Kier molecular flexibility index (Phi) is 2.67. The number of aromatic nitrogens is 2. The third-order valence-electron chi connectivity index (χ3n) is 3.28. The van der Waals surface area contributed by atoms with E-state index in [0.29, 0.717) is 11.3 Å². The van der Waals surface area contributed by atoms with Crippen LogP contribution in [0.25, 0.3) is 11.0 Å². The first kappa shape index (κ1) is 12.2. The predicted octanol–water partition coefficient (Wildman–Crippen LogP) is 1.28. The molecule has 7 nitrogen and oxygen atoms in total. The van der Waals surface area contributed by atoms with E-state index < -0.39 is 18.0 Å². The fourth-order valence-electron chi connectivity index (χ4n) is 2.36. The monoisotopic (exact) mass is 272 g/mol. The van der Waals surface area contributed by atoms with E-state index in [9.17, 15) is 14.7 Å². The molecule has 0 bridgehead atoms. The van der Waals surface area contributed by atoms with Gasteiger partial charge in [0.15, 0.2) is 0 Å². The van der Waals surface area contributed by atoms with Crippen LogP contribution in [0.4, 0.5) is 4.79 Å². The Hall–Kier alpha value is -2.83. The smallest absolute Gasteiger partial charge is 0.335 e. The summed E-state index contributed by atoms with van der Waals surface area (Å²) in [4.78, 5) is 30.1. The van der Waals surface area contributed by atoms with E-state index in [-0.39, 0.29) is 5.57 Å². The number of allylic oxidation sites excluding steroid dienone is 1. The maximum Gasteiger partial charge on any atom is 0.335 e. The molecule has 7 heteroatoms. The molecule has 0 spiro atoms. The van der Waals surface area contributed by atoms with Gasteiger partial charge in [0.05, 0.1) is 29.0 Å². The van der Waals surface area contributed by atoms with Crippen LogP contribution in [0.3, 0.4) is 0 Å². The summed E-state index contributed by atoms with van der Waals surface area (Å²) in [6, 6.07) is 4.23. The molecule has 0 saturated heterocycles. The van der Waals surface area contributed by atoms with Crippen LogP contribution in [0, 0.1) is 0 Å². The van der Waals surface area contributed by atoms with Crippen LogP contribution in [0.5, 0.6) is 0 Å². The summed E-state index contributed by atoms with van der Waals surface area (Å²) >= 11 is 0. The molecule has 4 N–H and O–H groups in total. The SMILES string of the molecule is CC1=C(C(=O)O)C(c2ccc3[nH]cnc3c2)NC(=O)N1. The van der Waals surface area contributed by atoms with Crippen molar-refractivity contribution in [3.05, 3.63) is 41.4 Å². The van der Waals surface area contributed by atoms with Gasteiger partial charge in [-0.25, -0.2) is 14.6 Å². The van der Waals surface area contributed by atoms with Gasteiger partial charge < -0.3 is 20.7 Å². The Morgan fingerprint density at radius 1 is 1.40 bits per heavy atom. The van der Waals surface area contributed by atoms with Crippen LogP contribution in [0.2, 0.25) is 0 Å². The van der Waals surface area contributed by atoms with Crippen molar-refractivity contribution in [1.29, 1.82) is 0 Å². The number of hydrogen-bond acceptors (Lipinski definition) is 3. The molecular formula is C13H12N4O3. The number of nitrogens with one attached hydrogen (secondary N) is 3. The normalized spacial score (nSPS) is 18.9. The fraction of sp³-hybridized carbons (Fsp3) is 0.154. The number of nitrogens with zero attached hydrogens (tertiary/aromatic N) is 1. The number of carbonyl (C=O) groups is 2. The molecule has 2 amide bonds. The molecule has 0 fully saturated rings. The zero-order chi connectivity index (χ0) is 14.3. The van der Waals surface area contributed by atoms with Crippen LogP contribution < -0.4 is 10.6 Å². The molecule has 0 aliphatic carbocycles. The number of amides is 2. The average Bonchev–Trinajstić information content (AvgIpc) is 2.84. The van der Waals surface area contributed by atoms with Gasteiger partial charge in [-0.15, -0.1) is 0 Å². The third kappa shape index (κ3) is 1.89. The third-order valence-corrected chi connectivity index (χ3v) is 3.28. The Balaban J connectivity index is 2.12. The number of benzene rings is 1. The number of H-pyrrole nitrogens is 1. The zero-order valence-corrected chi connectivity index (χ0v) is 10.6. The Morgan fingerprint density at radius 2 is 2.20 bits per heavy atom. The quantitative estimate of drug-likeness (QED) is 0.660. The molecule has 0 saturated carbocycles. The number of urea groups is 1. The second kappa shape index (κ2) is 4.37. The van der Waals surface area contributed by atoms with Gasteiger partial charge in [-0.05, 0) is 24.6 Å². The van der Waals surface area contributed by atoms with Crippen molar-refractivity contribution in [1.82, 2.24) is 20.6 Å². The molecule has 102 valence electrons. The van der Waals surface area contributed by atoms with Crippen LogP contribution >= 0.6 is 0 Å². The van der Waals surface area contributed by atoms with Crippen LogP contribution in [-0.2, 0) is 4.79 Å². The highest BCUT2D eigenvalue weighted by Crippen LogP contribution is 2.28. The van der Waals surface area contributed by atoms with E-state index in [1.54, 1.807) is 31.5 Å². The molecule has 0 radical (unpaired) electrons. The van der Waals surface area contributed by atoms with Gasteiger partial charge in [-0.2, -0.15) is 0 Å². The summed E-state index contributed by atoms with van der Waals surface area (Å²) in [5.74, 6) is -1.07. The number of imidazole rings is 1. The predicted molar refractivity (Wildman–Crippen MR) is 70.8 cm³/mol. The summed E-state index contributed by atoms with van der Waals surface area (Å²) in [5, 5.41) is 14.4. The topological polar surface area (TPSA) is 107 Å². The molecule has 1 aliphatic heterocycles. The van der Waals surface area contributed by atoms with Crippen molar-refractivity contribution in [2.24, 2.45) is 0 Å². The molecule has 1 aliphatic rings. The lowest BCUT2D eigenvalue weighted by Crippen LogP contribution is -2.45. The highest BCUT2D eigenvalue weighted by atomic mass is 16.4. The highest BCUT2D eigenvalue weighted by molar-refractivity contribution is 5.94. The van der Waals surface area contributed by atoms with E-state index in [1.807, 2.05) is 0 Å². The van der Waals surface area contributed by atoms with Crippen molar-refractivity contribution in [3.8, 4) is 0 Å². The minimum atomic E-state index is -1.07. The summed E-state index contributed by atoms with van der Waals surface area (Å²) in [6.45, 7) is 1.57. The Bertz CT molecular complexity index is 747. The Labute approximate surface area is 113 Å². The van der Waals surface area contributed by atoms with Crippen molar-refractivity contribution in [2.75, 3.05) is 0 Å². The van der Waals surface area contributed by atoms with Crippen molar-refractivity contribution in [2.45, 2.75) is 13.0 Å². The zero-order valence-electron chi connectivity index (χ0n) is 10.6. The van der Waals surface area contributed by atoms with Crippen molar-refractivity contribution >= 4 is 23.0 Å². The lowest BCUT2D eigenvalue weighted by molar-refractivity contribution is -0.133. The first-order valence-corrected chi connectivity index (χ1v) is 6.01. The number of fused-ring (bicyclic) bond motifs is 1. The number of carboxylic acids is 1. The van der Waals surface area contributed by atoms with Crippen LogP contribution in [0.15, 0.2) is 35.8 Å². The number of aromatic amines is 1. The molecule has 2 aromatic rings. The summed E-state index contributed by atoms with van der Waals surface area (Å²) in [7, 11) is 0. The van der Waals surface area contributed by atoms with Gasteiger partial charge in [-0.3, -0.25) is 0 Å². The van der Waals surface area contributed by atoms with Crippen molar-refractivity contribution < 1.29 is 14.7 Å². The molecule has 1 aromatic carbocycles. The molecule has 1 unspecified atom stereocenters. The minimum Gasteiger partial charge on any atom is -0.478 e. The van der Waals surface area contributed by atoms with Gasteiger partial charge in [0.1, 0.15) is 0 Å². The lowest BCUT2D eigenvalue weighted by Gasteiger charge is -2.27. The van der Waals surface area contributed by atoms with Crippen LogP contribution in [-0.4, -0.2) is 27.1 Å². The molecule has 3 rings (SSSR count). The summed E-state index contributed by atoms with van der Waals surface area (Å²) in [5.41, 5.74) is 2.72. The molecule has 1 atom stereocenters. The van der Waals surface area contributed by atoms with Gasteiger partial charge in [0, 0.05) is 5.70 Å². The van der Waals surface area contributed by atoms with Crippen molar-refractivity contribution in [3.63, 3.8) is 0 Å². The summed E-state index contributed by atoms with van der Waals surface area (Å²) in [6.07, 6.45) is 1.56. The van der Waals surface area contributed by atoms with E-state index in [2.05, 4.69) is 20.6 Å². The van der Waals surface area contributed by atoms with E-state index in [4.69, 9.17) is 0 Å². The second-order valence-electron chi connectivity index (χ2n) is 4.55. The maximum atomic E-state index is 11.6. The number of hydrogen-bond donors (Lipinski definition) is 4. The van der Waals surface area contributed by atoms with Gasteiger partial charge in [0.25, 0.3) is 0 Å². The first-order chi connectivity index (χ1) is 9.56. The van der Waals surface area contributed by atoms with Gasteiger partial charge in [-0.1, -0.05) is 6.07 Å². The van der Waals surface area contributed by atoms with Crippen LogP contribution in [0.1, 0.15) is 18.5 Å². The van der Waals surface area contributed by atoms with E-state index >= 15 is 0 Å². The van der Waals surface area contributed by atoms with E-state index in [1.165, 1.54) is 0 Å². The average molecular weight is 272 g/mol. The molecule has 20 heavy (non-hydrogen) atoms. The molecule has 1 aromatic heterocycles. The first-order valence-electron chi connectivity index (χ1n) is 6.01. The largest absolute Gasteiger partial charge is 0.478 e. The molecule has 2 heterocycles. The number of carboxylic acid groups (broad SMARTS) is 1. The Morgan fingerprint density at radius 3 is 2.95 bits per heavy atom. The minimum absolute atomic E-state index is 0.125. The van der Waals surface area contributed by atoms with Gasteiger partial charge >= 0.3 is 12.0 Å².